The van der Waals surface area contributed by atoms with Crippen LogP contribution in [-0.4, -0.2) is 52.7 Å². The van der Waals surface area contributed by atoms with E-state index in [0.29, 0.717) is 18.7 Å². The molecule has 2 heterocycles. The molecule has 1 aliphatic rings. The number of methoxy groups -OCH3 is 1. The summed E-state index contributed by atoms with van der Waals surface area (Å²) >= 11 is 0. The lowest BCUT2D eigenvalue weighted by molar-refractivity contribution is 0.0510. The Morgan fingerprint density at radius 2 is 1.89 bits per heavy atom. The summed E-state index contributed by atoms with van der Waals surface area (Å²) in [6, 6.07) is 9.77. The summed E-state index contributed by atoms with van der Waals surface area (Å²) < 4.78 is 17.5. The summed E-state index contributed by atoms with van der Waals surface area (Å²) in [7, 11) is 1.64. The molecular weight excluding hydrogens is 484 g/mol. The fourth-order valence-electron chi connectivity index (χ4n) is 4.29. The second-order valence-corrected chi connectivity index (χ2v) is 9.92. The number of nitrogens with one attached hydrogen (secondary N) is 1. The van der Waals surface area contributed by atoms with Crippen LogP contribution < -0.4 is 10.1 Å². The zero-order valence-corrected chi connectivity index (χ0v) is 22.5. The van der Waals surface area contributed by atoms with Crippen molar-refractivity contribution >= 4 is 24.2 Å². The molecule has 200 valence electrons. The number of carbonyl (C=O) groups is 2. The van der Waals surface area contributed by atoms with E-state index in [-0.39, 0.29) is 13.2 Å². The van der Waals surface area contributed by atoms with Gasteiger partial charge in [-0.05, 0) is 75.9 Å². The number of alkyl carbamates (subject to hydrolysis) is 1. The summed E-state index contributed by atoms with van der Waals surface area (Å²) in [6.07, 6.45) is 6.69. The van der Waals surface area contributed by atoms with Gasteiger partial charge < -0.3 is 19.5 Å². The van der Waals surface area contributed by atoms with Crippen LogP contribution in [0, 0.1) is 0 Å². The van der Waals surface area contributed by atoms with Gasteiger partial charge in [-0.1, -0.05) is 18.2 Å². The molecule has 4 rings (SSSR count). The van der Waals surface area contributed by atoms with Crippen LogP contribution in [0.4, 0.5) is 4.79 Å². The lowest BCUT2D eigenvalue weighted by Gasteiger charge is -2.19. The second-order valence-electron chi connectivity index (χ2n) is 9.92. The first-order valence-electron chi connectivity index (χ1n) is 12.7. The van der Waals surface area contributed by atoms with E-state index in [2.05, 4.69) is 10.3 Å². The summed E-state index contributed by atoms with van der Waals surface area (Å²) in [5, 5.41) is 7.54. The van der Waals surface area contributed by atoms with Gasteiger partial charge in [0.05, 0.1) is 31.6 Å². The standard InChI is InChI=1S/C29H34N4O5/c1-6-37-27(34)26-23-14-10-20-18-31-21(11-7-19-8-12-22(36-5)13-9-19)17-24(20)25(23)32-33(26)16-15-30-28(35)38-29(2,3)4/h7-9,11-13,17-18H,6,10,14-16H2,1-5H3,(H,30,35)/b11-7+. The van der Waals surface area contributed by atoms with E-state index in [9.17, 15) is 9.59 Å². The molecule has 0 saturated heterocycles. The summed E-state index contributed by atoms with van der Waals surface area (Å²) in [6.45, 7) is 8.00. The van der Waals surface area contributed by atoms with E-state index < -0.39 is 17.7 Å². The Morgan fingerprint density at radius 3 is 2.58 bits per heavy atom. The van der Waals surface area contributed by atoms with Gasteiger partial charge in [0.25, 0.3) is 0 Å². The SMILES string of the molecule is CCOC(=O)c1c2c(nn1CCNC(=O)OC(C)(C)C)-c1cc(/C=C/c3ccc(OC)cc3)ncc1CC2. The van der Waals surface area contributed by atoms with Crippen molar-refractivity contribution in [1.82, 2.24) is 20.1 Å². The average Bonchev–Trinajstić information content (AvgIpc) is 3.25. The number of pyridine rings is 1. The van der Waals surface area contributed by atoms with Gasteiger partial charge in [-0.2, -0.15) is 5.10 Å². The molecule has 38 heavy (non-hydrogen) atoms. The minimum Gasteiger partial charge on any atom is -0.497 e. The van der Waals surface area contributed by atoms with Gasteiger partial charge in [0.1, 0.15) is 17.0 Å². The highest BCUT2D eigenvalue weighted by Gasteiger charge is 2.29. The normalized spacial score (nSPS) is 12.6. The molecule has 0 spiro atoms. The number of aromatic nitrogens is 3. The topological polar surface area (TPSA) is 105 Å². The highest BCUT2D eigenvalue weighted by Crippen LogP contribution is 2.35. The number of nitrogens with zero attached hydrogens (tertiary/aromatic N) is 3. The van der Waals surface area contributed by atoms with Crippen molar-refractivity contribution in [3.8, 4) is 17.0 Å². The predicted octanol–water partition coefficient (Wildman–Crippen LogP) is 4.92. The minimum absolute atomic E-state index is 0.251. The number of rotatable bonds is 8. The van der Waals surface area contributed by atoms with E-state index in [1.54, 1.807) is 39.5 Å². The lowest BCUT2D eigenvalue weighted by Crippen LogP contribution is -2.34. The van der Waals surface area contributed by atoms with Crippen LogP contribution in [0.3, 0.4) is 0 Å². The second kappa shape index (κ2) is 11.5. The van der Waals surface area contributed by atoms with E-state index in [4.69, 9.17) is 19.3 Å². The summed E-state index contributed by atoms with van der Waals surface area (Å²) in [5.74, 6) is 0.381. The monoisotopic (exact) mass is 518 g/mol. The van der Waals surface area contributed by atoms with Crippen LogP contribution in [0.15, 0.2) is 36.5 Å². The number of aryl methyl sites for hydroxylation is 1. The fourth-order valence-corrected chi connectivity index (χ4v) is 4.29. The molecule has 1 amide bonds. The van der Waals surface area contributed by atoms with Crippen molar-refractivity contribution in [2.75, 3.05) is 20.3 Å². The van der Waals surface area contributed by atoms with Crippen molar-refractivity contribution in [1.29, 1.82) is 0 Å². The number of hydrogen-bond acceptors (Lipinski definition) is 7. The maximum atomic E-state index is 12.9. The number of hydrogen-bond donors (Lipinski definition) is 1. The van der Waals surface area contributed by atoms with Crippen LogP contribution in [0.1, 0.15) is 60.6 Å². The van der Waals surface area contributed by atoms with Crippen LogP contribution in [0.5, 0.6) is 5.75 Å². The lowest BCUT2D eigenvalue weighted by atomic mass is 9.89. The van der Waals surface area contributed by atoms with Crippen LogP contribution in [-0.2, 0) is 28.9 Å². The van der Waals surface area contributed by atoms with Gasteiger partial charge in [0, 0.05) is 23.9 Å². The van der Waals surface area contributed by atoms with Gasteiger partial charge in [-0.25, -0.2) is 9.59 Å². The van der Waals surface area contributed by atoms with Gasteiger partial charge in [-0.15, -0.1) is 0 Å². The molecule has 9 nitrogen and oxygen atoms in total. The first-order chi connectivity index (χ1) is 18.2. The zero-order valence-electron chi connectivity index (χ0n) is 22.5. The number of fused-ring (bicyclic) bond motifs is 3. The third kappa shape index (κ3) is 6.40. The zero-order chi connectivity index (χ0) is 27.3. The number of benzene rings is 1. The highest BCUT2D eigenvalue weighted by atomic mass is 16.6. The molecule has 0 saturated carbocycles. The molecule has 0 bridgehead atoms. The summed E-state index contributed by atoms with van der Waals surface area (Å²) in [5.41, 5.74) is 5.25. The molecule has 9 heteroatoms. The molecule has 1 N–H and O–H groups in total. The number of esters is 1. The Bertz CT molecular complexity index is 1340. The largest absolute Gasteiger partial charge is 0.497 e. The van der Waals surface area contributed by atoms with Crippen LogP contribution in [0.2, 0.25) is 0 Å². The van der Waals surface area contributed by atoms with Gasteiger partial charge in [0.2, 0.25) is 0 Å². The van der Waals surface area contributed by atoms with Crippen molar-refractivity contribution in [3.63, 3.8) is 0 Å². The molecule has 0 unspecified atom stereocenters. The fraction of sp³-hybridized carbons (Fsp3) is 0.379. The number of carbonyl (C=O) groups excluding carboxylic acids is 2. The highest BCUT2D eigenvalue weighted by molar-refractivity contribution is 5.92. The van der Waals surface area contributed by atoms with E-state index in [1.165, 1.54) is 0 Å². The van der Waals surface area contributed by atoms with Crippen molar-refractivity contribution < 1.29 is 23.8 Å². The summed E-state index contributed by atoms with van der Waals surface area (Å²) in [4.78, 5) is 29.6. The molecule has 0 aliphatic heterocycles. The average molecular weight is 519 g/mol. The molecule has 0 atom stereocenters. The van der Waals surface area contributed by atoms with Gasteiger partial charge >= 0.3 is 12.1 Å². The Hall–Kier alpha value is -4.14. The van der Waals surface area contributed by atoms with Crippen LogP contribution >= 0.6 is 0 Å². The molecular formula is C29H34N4O5. The van der Waals surface area contributed by atoms with E-state index in [1.807, 2.05) is 48.7 Å². The molecule has 2 aromatic heterocycles. The first-order valence-corrected chi connectivity index (χ1v) is 12.7. The Kier molecular flexibility index (Phi) is 8.14. The minimum atomic E-state index is -0.595. The maximum Gasteiger partial charge on any atom is 0.407 e. The Morgan fingerprint density at radius 1 is 1.13 bits per heavy atom. The van der Waals surface area contributed by atoms with Gasteiger partial charge in [-0.3, -0.25) is 9.67 Å². The first kappa shape index (κ1) is 26.9. The van der Waals surface area contributed by atoms with E-state index in [0.717, 1.165) is 45.8 Å². The quantitative estimate of drug-likeness (QED) is 0.422. The van der Waals surface area contributed by atoms with Crippen molar-refractivity contribution in [3.05, 3.63) is 64.6 Å². The Balaban J connectivity index is 1.60. The molecule has 1 aliphatic carbocycles. The van der Waals surface area contributed by atoms with Crippen molar-refractivity contribution in [2.45, 2.75) is 52.7 Å². The van der Waals surface area contributed by atoms with E-state index >= 15 is 0 Å². The third-order valence-corrected chi connectivity index (χ3v) is 5.98. The van der Waals surface area contributed by atoms with Crippen LogP contribution in [0.25, 0.3) is 23.4 Å². The Labute approximate surface area is 222 Å². The molecule has 0 radical (unpaired) electrons. The molecule has 3 aromatic rings. The maximum absolute atomic E-state index is 12.9. The third-order valence-electron chi connectivity index (χ3n) is 5.98. The predicted molar refractivity (Wildman–Crippen MR) is 145 cm³/mol. The van der Waals surface area contributed by atoms with Gasteiger partial charge in [0.15, 0.2) is 0 Å². The van der Waals surface area contributed by atoms with Crippen molar-refractivity contribution in [2.24, 2.45) is 0 Å². The number of ether oxygens (including phenoxy) is 3. The molecule has 0 fully saturated rings. The number of amides is 1. The smallest absolute Gasteiger partial charge is 0.407 e. The molecule has 1 aromatic carbocycles.